The van der Waals surface area contributed by atoms with Crippen molar-refractivity contribution in [2.24, 2.45) is 0 Å². The molecule has 2 N–H and O–H groups in total. The van der Waals surface area contributed by atoms with Gasteiger partial charge in [-0.2, -0.15) is 0 Å². The first-order chi connectivity index (χ1) is 13.0. The van der Waals surface area contributed by atoms with Crippen molar-refractivity contribution in [3.8, 4) is 22.5 Å². The van der Waals surface area contributed by atoms with E-state index in [9.17, 15) is 19.8 Å². The third-order valence-electron chi connectivity index (χ3n) is 4.21. The second kappa shape index (κ2) is 6.38. The fourth-order valence-electron chi connectivity index (χ4n) is 2.88. The monoisotopic (exact) mass is 359 g/mol. The van der Waals surface area contributed by atoms with Crippen LogP contribution in [0, 0.1) is 0 Å². The summed E-state index contributed by atoms with van der Waals surface area (Å²) in [4.78, 5) is 22.4. The van der Waals surface area contributed by atoms with Crippen molar-refractivity contribution in [3.05, 3.63) is 78.0 Å². The fraction of sp³-hybridized carbons (Fsp3) is 0. The van der Waals surface area contributed by atoms with Crippen molar-refractivity contribution in [2.45, 2.75) is 0 Å². The molecule has 0 aliphatic heterocycles. The summed E-state index contributed by atoms with van der Waals surface area (Å²) in [7, 11) is 0. The van der Waals surface area contributed by atoms with Crippen LogP contribution < -0.4 is 0 Å². The lowest BCUT2D eigenvalue weighted by molar-refractivity contribution is 0.0686. The molecule has 7 nitrogen and oxygen atoms in total. The number of hydrogen-bond donors (Lipinski definition) is 2. The molecule has 4 rings (SSSR count). The molecule has 0 fully saturated rings. The molecule has 7 heteroatoms. The molecule has 0 spiro atoms. The van der Waals surface area contributed by atoms with E-state index >= 15 is 0 Å². The van der Waals surface area contributed by atoms with Crippen LogP contribution in [0.5, 0.6) is 0 Å². The summed E-state index contributed by atoms with van der Waals surface area (Å²) in [6, 6.07) is 16.7. The third-order valence-corrected chi connectivity index (χ3v) is 4.21. The topological polar surface area (TPSA) is 105 Å². The molecule has 27 heavy (non-hydrogen) atoms. The predicted octanol–water partition coefficient (Wildman–Crippen LogP) is 3.46. The van der Waals surface area contributed by atoms with Crippen LogP contribution in [0.3, 0.4) is 0 Å². The molecule has 0 saturated heterocycles. The van der Waals surface area contributed by atoms with Gasteiger partial charge in [-0.1, -0.05) is 24.3 Å². The van der Waals surface area contributed by atoms with Crippen molar-refractivity contribution in [1.82, 2.24) is 14.6 Å². The minimum atomic E-state index is -1.02. The van der Waals surface area contributed by atoms with E-state index < -0.39 is 11.9 Å². The number of aromatic carboxylic acids is 2. The lowest BCUT2D eigenvalue weighted by Gasteiger charge is -2.06. The van der Waals surface area contributed by atoms with E-state index in [1.165, 1.54) is 18.2 Å². The molecule has 0 bridgehead atoms. The van der Waals surface area contributed by atoms with Crippen LogP contribution in [0.1, 0.15) is 20.7 Å². The maximum atomic E-state index is 11.2. The average molecular weight is 359 g/mol. The smallest absolute Gasteiger partial charge is 0.335 e. The summed E-state index contributed by atoms with van der Waals surface area (Å²) >= 11 is 0. The Hall–Kier alpha value is -4.00. The van der Waals surface area contributed by atoms with Gasteiger partial charge in [-0.05, 0) is 47.5 Å². The van der Waals surface area contributed by atoms with Gasteiger partial charge in [-0.25, -0.2) is 9.59 Å². The summed E-state index contributed by atoms with van der Waals surface area (Å²) in [6.45, 7) is 0. The number of hydrogen-bond acceptors (Lipinski definition) is 4. The highest BCUT2D eigenvalue weighted by Gasteiger charge is 2.12. The van der Waals surface area contributed by atoms with E-state index in [1.54, 1.807) is 40.9 Å². The maximum Gasteiger partial charge on any atom is 0.335 e. The van der Waals surface area contributed by atoms with Crippen molar-refractivity contribution in [3.63, 3.8) is 0 Å². The summed E-state index contributed by atoms with van der Waals surface area (Å²) in [5.41, 5.74) is 3.12. The molecule has 0 aliphatic rings. The van der Waals surface area contributed by atoms with Gasteiger partial charge in [-0.15, -0.1) is 10.2 Å². The molecular formula is C20H13N3O4. The van der Waals surface area contributed by atoms with E-state index in [-0.39, 0.29) is 11.1 Å². The maximum absolute atomic E-state index is 11.2. The van der Waals surface area contributed by atoms with Crippen LogP contribution in [-0.2, 0) is 0 Å². The van der Waals surface area contributed by atoms with E-state index in [0.29, 0.717) is 17.0 Å². The van der Waals surface area contributed by atoms with Gasteiger partial charge in [0.25, 0.3) is 0 Å². The highest BCUT2D eigenvalue weighted by atomic mass is 16.4. The predicted molar refractivity (Wildman–Crippen MR) is 97.8 cm³/mol. The molecule has 0 saturated carbocycles. The molecule has 2 heterocycles. The number of carboxylic acids is 2. The Morgan fingerprint density at radius 1 is 0.741 bits per heavy atom. The van der Waals surface area contributed by atoms with E-state index in [4.69, 9.17) is 0 Å². The minimum absolute atomic E-state index is 0.162. The molecule has 2 aromatic heterocycles. The number of nitrogens with zero attached hydrogens (tertiary/aromatic N) is 3. The number of rotatable bonds is 4. The van der Waals surface area contributed by atoms with Crippen LogP contribution in [0.25, 0.3) is 28.2 Å². The highest BCUT2D eigenvalue weighted by molar-refractivity contribution is 5.90. The Labute approximate surface area is 153 Å². The van der Waals surface area contributed by atoms with E-state index in [0.717, 1.165) is 11.1 Å². The Bertz CT molecular complexity index is 1200. The second-order valence-electron chi connectivity index (χ2n) is 5.94. The van der Waals surface area contributed by atoms with Gasteiger partial charge >= 0.3 is 11.9 Å². The van der Waals surface area contributed by atoms with Gasteiger partial charge in [0, 0.05) is 11.8 Å². The zero-order valence-electron chi connectivity index (χ0n) is 13.9. The van der Waals surface area contributed by atoms with Crippen molar-refractivity contribution in [1.29, 1.82) is 0 Å². The van der Waals surface area contributed by atoms with Crippen molar-refractivity contribution < 1.29 is 19.8 Å². The molecule has 0 aliphatic carbocycles. The van der Waals surface area contributed by atoms with Gasteiger partial charge in [-0.3, -0.25) is 4.40 Å². The second-order valence-corrected chi connectivity index (χ2v) is 5.94. The van der Waals surface area contributed by atoms with Gasteiger partial charge in [0.15, 0.2) is 11.5 Å². The van der Waals surface area contributed by atoms with Crippen LogP contribution in [0.2, 0.25) is 0 Å². The normalized spacial score (nSPS) is 10.8. The number of pyridine rings is 1. The standard InChI is InChI=1S/C20H13N3O4/c24-19(25)14-5-1-3-12(9-14)16-7-8-17-21-22-18(23(17)11-16)13-4-2-6-15(10-13)20(26)27/h1-11H,(H,24,25)(H,26,27). The van der Waals surface area contributed by atoms with E-state index in [1.807, 2.05) is 12.1 Å². The highest BCUT2D eigenvalue weighted by Crippen LogP contribution is 2.25. The SMILES string of the molecule is O=C(O)c1cccc(-c2ccc3nnc(-c4cccc(C(=O)O)c4)n3c2)c1. The van der Waals surface area contributed by atoms with Gasteiger partial charge in [0.2, 0.25) is 0 Å². The zero-order chi connectivity index (χ0) is 19.0. The van der Waals surface area contributed by atoms with Crippen molar-refractivity contribution in [2.75, 3.05) is 0 Å². The number of carboxylic acid groups (broad SMARTS) is 2. The van der Waals surface area contributed by atoms with Crippen LogP contribution >= 0.6 is 0 Å². The number of aromatic nitrogens is 3. The number of carbonyl (C=O) groups is 2. The zero-order valence-corrected chi connectivity index (χ0v) is 13.9. The first-order valence-corrected chi connectivity index (χ1v) is 8.05. The van der Waals surface area contributed by atoms with Crippen LogP contribution in [0.4, 0.5) is 0 Å². The Morgan fingerprint density at radius 2 is 1.37 bits per heavy atom. The van der Waals surface area contributed by atoms with Crippen molar-refractivity contribution >= 4 is 17.6 Å². The first-order valence-electron chi connectivity index (χ1n) is 8.05. The third kappa shape index (κ3) is 3.02. The largest absolute Gasteiger partial charge is 0.478 e. The van der Waals surface area contributed by atoms with Gasteiger partial charge in [0.05, 0.1) is 11.1 Å². The van der Waals surface area contributed by atoms with E-state index in [2.05, 4.69) is 10.2 Å². The summed E-state index contributed by atoms with van der Waals surface area (Å²) < 4.78 is 1.75. The Kier molecular flexibility index (Phi) is 3.89. The summed E-state index contributed by atoms with van der Waals surface area (Å²) in [6.07, 6.45) is 1.80. The Morgan fingerprint density at radius 3 is 2.04 bits per heavy atom. The molecule has 132 valence electrons. The molecule has 0 amide bonds. The number of fused-ring (bicyclic) bond motifs is 1. The fourth-order valence-corrected chi connectivity index (χ4v) is 2.88. The Balaban J connectivity index is 1.85. The summed E-state index contributed by atoms with van der Waals surface area (Å²) in [5, 5.41) is 26.7. The van der Waals surface area contributed by atoms with Gasteiger partial charge < -0.3 is 10.2 Å². The summed E-state index contributed by atoms with van der Waals surface area (Å²) in [5.74, 6) is -1.51. The molecular weight excluding hydrogens is 346 g/mol. The quantitative estimate of drug-likeness (QED) is 0.578. The minimum Gasteiger partial charge on any atom is -0.478 e. The lowest BCUT2D eigenvalue weighted by atomic mass is 10.0. The first kappa shape index (κ1) is 16.5. The molecule has 2 aromatic carbocycles. The lowest BCUT2D eigenvalue weighted by Crippen LogP contribution is -1.98. The average Bonchev–Trinajstić information content (AvgIpc) is 3.11. The molecule has 0 radical (unpaired) electrons. The van der Waals surface area contributed by atoms with Gasteiger partial charge in [0.1, 0.15) is 0 Å². The van der Waals surface area contributed by atoms with Crippen LogP contribution in [0.15, 0.2) is 66.9 Å². The molecule has 0 atom stereocenters. The van der Waals surface area contributed by atoms with Crippen LogP contribution in [-0.4, -0.2) is 36.7 Å². The molecule has 0 unspecified atom stereocenters. The molecule has 4 aromatic rings. The number of benzene rings is 2.